The number of alkyl halides is 3. The number of hydrogen-bond acceptors (Lipinski definition) is 2. The third kappa shape index (κ3) is 3.54. The van der Waals surface area contributed by atoms with Crippen LogP contribution in [-0.4, -0.2) is 32.2 Å². The van der Waals surface area contributed by atoms with Gasteiger partial charge >= 0.3 is 6.36 Å². The summed E-state index contributed by atoms with van der Waals surface area (Å²) >= 11 is 0. The number of rotatable bonds is 1. The van der Waals surface area contributed by atoms with Crippen LogP contribution in [0, 0.1) is 0 Å². The van der Waals surface area contributed by atoms with E-state index in [9.17, 15) is 13.2 Å². The molecule has 1 aliphatic rings. The Morgan fingerprint density at radius 2 is 2.18 bits per heavy atom. The first kappa shape index (κ1) is 8.76. The Morgan fingerprint density at radius 3 is 2.64 bits per heavy atom. The van der Waals surface area contributed by atoms with Crippen LogP contribution >= 0.6 is 0 Å². The Balaban J connectivity index is 2.24. The van der Waals surface area contributed by atoms with E-state index in [0.717, 1.165) is 0 Å². The molecule has 0 aromatic heterocycles. The molecule has 1 unspecified atom stereocenters. The first-order valence-corrected chi connectivity index (χ1v) is 3.19. The molecule has 1 aliphatic heterocycles. The highest BCUT2D eigenvalue weighted by Gasteiger charge is 2.34. The molecular formula is C5H8F3N2O. The lowest BCUT2D eigenvalue weighted by molar-refractivity contribution is -0.346. The van der Waals surface area contributed by atoms with Gasteiger partial charge in [0.2, 0.25) is 0 Å². The standard InChI is InChI=1S/C5H8F3N2O/c6-5(7,8)11-4-3-9-1-2-10-4/h4,10H,1-3H2. The largest absolute Gasteiger partial charge is 0.524 e. The number of halogens is 3. The Hall–Kier alpha value is -0.330. The van der Waals surface area contributed by atoms with E-state index >= 15 is 0 Å². The minimum atomic E-state index is -4.56. The van der Waals surface area contributed by atoms with E-state index in [-0.39, 0.29) is 6.54 Å². The van der Waals surface area contributed by atoms with Crippen LogP contribution in [-0.2, 0) is 4.74 Å². The monoisotopic (exact) mass is 169 g/mol. The smallest absolute Gasteiger partial charge is 0.289 e. The lowest BCUT2D eigenvalue weighted by Crippen LogP contribution is -2.48. The van der Waals surface area contributed by atoms with Gasteiger partial charge in [-0.05, 0) is 0 Å². The summed E-state index contributed by atoms with van der Waals surface area (Å²) in [6, 6.07) is 0. The summed E-state index contributed by atoms with van der Waals surface area (Å²) in [5.74, 6) is 0. The van der Waals surface area contributed by atoms with Crippen LogP contribution in [0.15, 0.2) is 0 Å². The van der Waals surface area contributed by atoms with Crippen molar-refractivity contribution in [3.8, 4) is 0 Å². The summed E-state index contributed by atoms with van der Waals surface area (Å²) in [6.07, 6.45) is -5.56. The van der Waals surface area contributed by atoms with Crippen molar-refractivity contribution in [3.05, 3.63) is 0 Å². The molecule has 1 atom stereocenters. The average molecular weight is 169 g/mol. The molecule has 1 heterocycles. The Morgan fingerprint density at radius 1 is 1.45 bits per heavy atom. The molecule has 0 spiro atoms. The Kier molecular flexibility index (Phi) is 2.69. The summed E-state index contributed by atoms with van der Waals surface area (Å²) in [6.45, 7) is 1.07. The molecule has 1 fully saturated rings. The van der Waals surface area contributed by atoms with Crippen LogP contribution in [0.2, 0.25) is 0 Å². The fourth-order valence-corrected chi connectivity index (χ4v) is 0.818. The number of ether oxygens (including phenoxy) is 1. The predicted molar refractivity (Wildman–Crippen MR) is 30.8 cm³/mol. The van der Waals surface area contributed by atoms with Gasteiger partial charge in [-0.3, -0.25) is 10.1 Å². The van der Waals surface area contributed by atoms with E-state index in [1.54, 1.807) is 0 Å². The maximum Gasteiger partial charge on any atom is 0.524 e. The summed E-state index contributed by atoms with van der Waals surface area (Å²) in [5.41, 5.74) is 0. The molecular weight excluding hydrogens is 161 g/mol. The molecule has 0 aromatic carbocycles. The Labute approximate surface area is 61.9 Å². The number of piperazine rings is 1. The van der Waals surface area contributed by atoms with Crippen LogP contribution in [0.4, 0.5) is 13.2 Å². The second-order valence-electron chi connectivity index (χ2n) is 2.14. The van der Waals surface area contributed by atoms with Gasteiger partial charge < -0.3 is 0 Å². The molecule has 1 N–H and O–H groups in total. The maximum atomic E-state index is 11.5. The lowest BCUT2D eigenvalue weighted by Gasteiger charge is -2.23. The van der Waals surface area contributed by atoms with Crippen LogP contribution < -0.4 is 10.6 Å². The molecule has 1 saturated heterocycles. The molecule has 6 heteroatoms. The predicted octanol–water partition coefficient (Wildman–Crippen LogP) is 0.0565. The molecule has 65 valence electrons. The summed E-state index contributed by atoms with van der Waals surface area (Å²) in [7, 11) is 0. The minimum absolute atomic E-state index is 0.0690. The first-order valence-electron chi connectivity index (χ1n) is 3.19. The van der Waals surface area contributed by atoms with Crippen molar-refractivity contribution in [1.29, 1.82) is 0 Å². The van der Waals surface area contributed by atoms with E-state index in [0.29, 0.717) is 13.1 Å². The second kappa shape index (κ2) is 3.38. The first-order chi connectivity index (χ1) is 5.08. The van der Waals surface area contributed by atoms with E-state index in [2.05, 4.69) is 15.4 Å². The lowest BCUT2D eigenvalue weighted by atomic mass is 10.4. The van der Waals surface area contributed by atoms with Crippen molar-refractivity contribution in [1.82, 2.24) is 10.6 Å². The van der Waals surface area contributed by atoms with Crippen molar-refractivity contribution in [2.45, 2.75) is 12.6 Å². The van der Waals surface area contributed by atoms with Gasteiger partial charge in [0.25, 0.3) is 0 Å². The fourth-order valence-electron chi connectivity index (χ4n) is 0.818. The molecule has 3 nitrogen and oxygen atoms in total. The third-order valence-electron chi connectivity index (χ3n) is 1.21. The minimum Gasteiger partial charge on any atom is -0.289 e. The highest BCUT2D eigenvalue weighted by molar-refractivity contribution is 4.66. The summed E-state index contributed by atoms with van der Waals surface area (Å²) in [5, 5.41) is 6.29. The summed E-state index contributed by atoms with van der Waals surface area (Å²) < 4.78 is 38.3. The van der Waals surface area contributed by atoms with Crippen LogP contribution in [0.3, 0.4) is 0 Å². The molecule has 0 amide bonds. The maximum absolute atomic E-state index is 11.5. The summed E-state index contributed by atoms with van der Waals surface area (Å²) in [4.78, 5) is 0. The SMILES string of the molecule is FC(F)(F)OC1C[N]CCN1. The van der Waals surface area contributed by atoms with Gasteiger partial charge in [0, 0.05) is 13.1 Å². The van der Waals surface area contributed by atoms with Gasteiger partial charge in [0.15, 0.2) is 0 Å². The van der Waals surface area contributed by atoms with Crippen molar-refractivity contribution >= 4 is 0 Å². The van der Waals surface area contributed by atoms with Gasteiger partial charge in [0.05, 0.1) is 6.54 Å². The molecule has 0 aromatic rings. The highest BCUT2D eigenvalue weighted by atomic mass is 19.4. The van der Waals surface area contributed by atoms with Gasteiger partial charge in [-0.15, -0.1) is 13.2 Å². The van der Waals surface area contributed by atoms with Crippen LogP contribution in [0.5, 0.6) is 0 Å². The zero-order valence-electron chi connectivity index (χ0n) is 5.69. The fraction of sp³-hybridized carbons (Fsp3) is 1.00. The topological polar surface area (TPSA) is 35.4 Å². The number of nitrogens with zero attached hydrogens (tertiary/aromatic N) is 1. The van der Waals surface area contributed by atoms with Gasteiger partial charge in [-0.25, -0.2) is 5.32 Å². The molecule has 1 rings (SSSR count). The number of nitrogens with one attached hydrogen (secondary N) is 1. The van der Waals surface area contributed by atoms with Gasteiger partial charge in [-0.1, -0.05) is 0 Å². The van der Waals surface area contributed by atoms with Gasteiger partial charge in [0.1, 0.15) is 6.23 Å². The van der Waals surface area contributed by atoms with Crippen molar-refractivity contribution in [2.24, 2.45) is 0 Å². The third-order valence-corrected chi connectivity index (χ3v) is 1.21. The van der Waals surface area contributed by atoms with E-state index < -0.39 is 12.6 Å². The zero-order chi connectivity index (χ0) is 8.32. The molecule has 1 radical (unpaired) electrons. The molecule has 11 heavy (non-hydrogen) atoms. The average Bonchev–Trinajstić information content (AvgIpc) is 1.85. The van der Waals surface area contributed by atoms with Crippen LogP contribution in [0.1, 0.15) is 0 Å². The van der Waals surface area contributed by atoms with E-state index in [4.69, 9.17) is 0 Å². The van der Waals surface area contributed by atoms with Crippen molar-refractivity contribution < 1.29 is 17.9 Å². The highest BCUT2D eigenvalue weighted by Crippen LogP contribution is 2.18. The van der Waals surface area contributed by atoms with E-state index in [1.807, 2.05) is 0 Å². The zero-order valence-corrected chi connectivity index (χ0v) is 5.69. The second-order valence-corrected chi connectivity index (χ2v) is 2.14. The quantitative estimate of drug-likeness (QED) is 0.602. The van der Waals surface area contributed by atoms with E-state index in [1.165, 1.54) is 0 Å². The normalized spacial score (nSPS) is 27.0. The molecule has 0 aliphatic carbocycles. The van der Waals surface area contributed by atoms with Crippen molar-refractivity contribution in [2.75, 3.05) is 19.6 Å². The van der Waals surface area contributed by atoms with Crippen LogP contribution in [0.25, 0.3) is 0 Å². The Bertz CT molecular complexity index is 121. The number of hydrogen-bond donors (Lipinski definition) is 1. The van der Waals surface area contributed by atoms with Crippen molar-refractivity contribution in [3.63, 3.8) is 0 Å². The molecule has 0 saturated carbocycles. The molecule has 0 bridgehead atoms. The van der Waals surface area contributed by atoms with Gasteiger partial charge in [-0.2, -0.15) is 0 Å².